The molecule has 0 atom stereocenters. The van der Waals surface area contributed by atoms with Gasteiger partial charge in [0.25, 0.3) is 11.5 Å². The average Bonchev–Trinajstić information content (AvgIpc) is 2.43. The minimum Gasteiger partial charge on any atom is -0.319 e. The molecule has 0 aliphatic heterocycles. The van der Waals surface area contributed by atoms with Crippen molar-refractivity contribution in [2.75, 3.05) is 5.32 Å². The number of aromatic nitrogens is 2. The van der Waals surface area contributed by atoms with Gasteiger partial charge in [0.1, 0.15) is 5.69 Å². The van der Waals surface area contributed by atoms with Crippen LogP contribution in [0.2, 0.25) is 10.0 Å². The van der Waals surface area contributed by atoms with Crippen molar-refractivity contribution in [1.29, 1.82) is 0 Å². The van der Waals surface area contributed by atoms with Gasteiger partial charge in [-0.15, -0.1) is 0 Å². The number of nitrogens with zero attached hydrogens (tertiary/aromatic N) is 2. The van der Waals surface area contributed by atoms with E-state index >= 15 is 0 Å². The minimum atomic E-state index is -0.443. The van der Waals surface area contributed by atoms with Crippen molar-refractivity contribution in [1.82, 2.24) is 9.78 Å². The maximum absolute atomic E-state index is 12.2. The van der Waals surface area contributed by atoms with Gasteiger partial charge in [-0.1, -0.05) is 37.0 Å². The van der Waals surface area contributed by atoms with Crippen LogP contribution < -0.4 is 10.9 Å². The van der Waals surface area contributed by atoms with Gasteiger partial charge in [0, 0.05) is 17.6 Å². The van der Waals surface area contributed by atoms with Gasteiger partial charge in [0.05, 0.1) is 10.7 Å². The number of halogens is 2. The molecule has 0 saturated heterocycles. The molecular formula is C15H15Cl2N3O2. The lowest BCUT2D eigenvalue weighted by atomic mass is 10.2. The second kappa shape index (κ2) is 6.94. The highest BCUT2D eigenvalue weighted by Gasteiger charge is 2.12. The standard InChI is InChI=1S/C15H15Cl2N3O2/c1-9(2)8-20-14(21)6-5-13(19-20)15(22)18-12-4-3-10(16)7-11(12)17/h3-7,9H,8H2,1-2H3,(H,18,22). The molecule has 1 N–H and O–H groups in total. The molecule has 0 aliphatic carbocycles. The van der Waals surface area contributed by atoms with Crippen LogP contribution in [0.3, 0.4) is 0 Å². The number of nitrogens with one attached hydrogen (secondary N) is 1. The third-order valence-corrected chi connectivity index (χ3v) is 3.36. The van der Waals surface area contributed by atoms with Gasteiger partial charge in [-0.25, -0.2) is 4.68 Å². The van der Waals surface area contributed by atoms with Gasteiger partial charge >= 0.3 is 0 Å². The fraction of sp³-hybridized carbons (Fsp3) is 0.267. The van der Waals surface area contributed by atoms with Crippen LogP contribution in [0, 0.1) is 5.92 Å². The smallest absolute Gasteiger partial charge is 0.276 e. The highest BCUT2D eigenvalue weighted by atomic mass is 35.5. The highest BCUT2D eigenvalue weighted by molar-refractivity contribution is 6.36. The van der Waals surface area contributed by atoms with Crippen molar-refractivity contribution >= 4 is 34.8 Å². The lowest BCUT2D eigenvalue weighted by Gasteiger charge is -2.10. The van der Waals surface area contributed by atoms with Crippen LogP contribution in [0.15, 0.2) is 35.1 Å². The highest BCUT2D eigenvalue weighted by Crippen LogP contribution is 2.25. The Morgan fingerprint density at radius 1 is 1.27 bits per heavy atom. The lowest BCUT2D eigenvalue weighted by Crippen LogP contribution is -2.27. The second-order valence-corrected chi connectivity index (χ2v) is 6.05. The van der Waals surface area contributed by atoms with Gasteiger partial charge in [-0.2, -0.15) is 5.10 Å². The zero-order valence-electron chi connectivity index (χ0n) is 12.1. The molecular weight excluding hydrogens is 325 g/mol. The summed E-state index contributed by atoms with van der Waals surface area (Å²) in [5.74, 6) is -0.198. The van der Waals surface area contributed by atoms with Gasteiger partial charge in [-0.05, 0) is 30.2 Å². The SMILES string of the molecule is CC(C)Cn1nc(C(=O)Nc2ccc(Cl)cc2Cl)ccc1=O. The Labute approximate surface area is 137 Å². The van der Waals surface area contributed by atoms with Crippen LogP contribution in [0.25, 0.3) is 0 Å². The number of rotatable bonds is 4. The number of hydrogen-bond donors (Lipinski definition) is 1. The normalized spacial score (nSPS) is 10.8. The number of hydrogen-bond acceptors (Lipinski definition) is 3. The molecule has 1 aromatic heterocycles. The molecule has 0 unspecified atom stereocenters. The van der Waals surface area contributed by atoms with Crippen LogP contribution in [0.4, 0.5) is 5.69 Å². The van der Waals surface area contributed by atoms with Gasteiger partial charge in [0.15, 0.2) is 0 Å². The van der Waals surface area contributed by atoms with Crippen molar-refractivity contribution in [2.24, 2.45) is 5.92 Å². The van der Waals surface area contributed by atoms with Crippen molar-refractivity contribution in [3.05, 3.63) is 56.4 Å². The first kappa shape index (κ1) is 16.5. The van der Waals surface area contributed by atoms with E-state index < -0.39 is 5.91 Å². The Morgan fingerprint density at radius 3 is 2.64 bits per heavy atom. The third-order valence-electron chi connectivity index (χ3n) is 2.82. The quantitative estimate of drug-likeness (QED) is 0.927. The first-order valence-electron chi connectivity index (χ1n) is 6.71. The van der Waals surface area contributed by atoms with E-state index in [2.05, 4.69) is 10.4 Å². The molecule has 1 heterocycles. The van der Waals surface area contributed by atoms with E-state index in [0.717, 1.165) is 0 Å². The molecule has 116 valence electrons. The second-order valence-electron chi connectivity index (χ2n) is 5.21. The summed E-state index contributed by atoms with van der Waals surface area (Å²) in [6.07, 6.45) is 0. The summed E-state index contributed by atoms with van der Waals surface area (Å²) in [7, 11) is 0. The summed E-state index contributed by atoms with van der Waals surface area (Å²) in [6.45, 7) is 4.38. The molecule has 7 heteroatoms. The van der Waals surface area contributed by atoms with Crippen LogP contribution in [-0.4, -0.2) is 15.7 Å². The van der Waals surface area contributed by atoms with Gasteiger partial charge in [-0.3, -0.25) is 9.59 Å². The Kier molecular flexibility index (Phi) is 5.21. The van der Waals surface area contributed by atoms with Crippen LogP contribution in [-0.2, 0) is 6.54 Å². The predicted octanol–water partition coefficient (Wildman–Crippen LogP) is 3.46. The van der Waals surface area contributed by atoms with E-state index in [1.54, 1.807) is 12.1 Å². The van der Waals surface area contributed by atoms with Gasteiger partial charge < -0.3 is 5.32 Å². The molecule has 5 nitrogen and oxygen atoms in total. The molecule has 1 aromatic carbocycles. The summed E-state index contributed by atoms with van der Waals surface area (Å²) < 4.78 is 1.28. The molecule has 0 fully saturated rings. The van der Waals surface area contributed by atoms with E-state index in [1.807, 2.05) is 13.8 Å². The molecule has 0 radical (unpaired) electrons. The van der Waals surface area contributed by atoms with Crippen molar-refractivity contribution in [3.63, 3.8) is 0 Å². The van der Waals surface area contributed by atoms with E-state index in [9.17, 15) is 9.59 Å². The first-order valence-corrected chi connectivity index (χ1v) is 7.47. The Hall–Kier alpha value is -1.85. The summed E-state index contributed by atoms with van der Waals surface area (Å²) in [4.78, 5) is 23.9. The Morgan fingerprint density at radius 2 is 2.00 bits per heavy atom. The molecule has 22 heavy (non-hydrogen) atoms. The Balaban J connectivity index is 2.24. The summed E-state index contributed by atoms with van der Waals surface area (Å²) in [6, 6.07) is 7.47. The molecule has 0 saturated carbocycles. The van der Waals surface area contributed by atoms with Gasteiger partial charge in [0.2, 0.25) is 0 Å². The number of anilines is 1. The van der Waals surface area contributed by atoms with Crippen molar-refractivity contribution in [2.45, 2.75) is 20.4 Å². The summed E-state index contributed by atoms with van der Waals surface area (Å²) in [5.41, 5.74) is 0.334. The number of benzene rings is 1. The topological polar surface area (TPSA) is 64.0 Å². The van der Waals surface area contributed by atoms with Crippen molar-refractivity contribution in [3.8, 4) is 0 Å². The monoisotopic (exact) mass is 339 g/mol. The van der Waals surface area contributed by atoms with Crippen LogP contribution in [0.1, 0.15) is 24.3 Å². The lowest BCUT2D eigenvalue weighted by molar-refractivity contribution is 0.101. The van der Waals surface area contributed by atoms with E-state index in [0.29, 0.717) is 22.3 Å². The van der Waals surface area contributed by atoms with E-state index in [-0.39, 0.29) is 17.2 Å². The largest absolute Gasteiger partial charge is 0.319 e. The third kappa shape index (κ3) is 4.08. The molecule has 0 bridgehead atoms. The molecule has 2 rings (SSSR count). The predicted molar refractivity (Wildman–Crippen MR) is 87.8 cm³/mol. The van der Waals surface area contributed by atoms with Crippen LogP contribution in [0.5, 0.6) is 0 Å². The number of carbonyl (C=O) groups excluding carboxylic acids is 1. The Bertz CT molecular complexity index is 757. The fourth-order valence-electron chi connectivity index (χ4n) is 1.82. The zero-order chi connectivity index (χ0) is 16.3. The maximum Gasteiger partial charge on any atom is 0.276 e. The van der Waals surface area contributed by atoms with Crippen molar-refractivity contribution < 1.29 is 4.79 Å². The number of carbonyl (C=O) groups is 1. The zero-order valence-corrected chi connectivity index (χ0v) is 13.6. The number of amides is 1. The van der Waals surface area contributed by atoms with E-state index in [1.165, 1.54) is 22.9 Å². The maximum atomic E-state index is 12.2. The van der Waals surface area contributed by atoms with Crippen LogP contribution >= 0.6 is 23.2 Å². The summed E-state index contributed by atoms with van der Waals surface area (Å²) in [5, 5.41) is 7.53. The first-order chi connectivity index (χ1) is 10.4. The molecule has 1 amide bonds. The van der Waals surface area contributed by atoms with E-state index in [4.69, 9.17) is 23.2 Å². The molecule has 2 aromatic rings. The minimum absolute atomic E-state index is 0.145. The fourth-order valence-corrected chi connectivity index (χ4v) is 2.28. The molecule has 0 aliphatic rings. The average molecular weight is 340 g/mol. The molecule has 0 spiro atoms. The summed E-state index contributed by atoms with van der Waals surface area (Å²) >= 11 is 11.8.